The number of fused-ring (bicyclic) bond motifs is 5. The van der Waals surface area contributed by atoms with Crippen molar-refractivity contribution in [2.45, 2.75) is 103 Å². The lowest BCUT2D eigenvalue weighted by Gasteiger charge is -2.52. The van der Waals surface area contributed by atoms with Crippen LogP contribution in [0.1, 0.15) is 79.1 Å². The third-order valence-electron chi connectivity index (χ3n) is 9.46. The van der Waals surface area contributed by atoms with Crippen molar-refractivity contribution in [1.29, 1.82) is 0 Å². The fourth-order valence-corrected chi connectivity index (χ4v) is 10.3. The van der Waals surface area contributed by atoms with Gasteiger partial charge in [0.25, 0.3) is 0 Å². The second-order valence-corrected chi connectivity index (χ2v) is 14.9. The minimum Gasteiger partial charge on any atom is -0.411 e. The van der Waals surface area contributed by atoms with E-state index in [1.165, 1.54) is 56.7 Å². The largest absolute Gasteiger partial charge is 0.411 e. The Labute approximate surface area is 167 Å². The number of hydrogen-bond donors (Lipinski definition) is 0. The second-order valence-electron chi connectivity index (χ2n) is 10.2. The maximum Gasteiger partial charge on any atom is 0.192 e. The van der Waals surface area contributed by atoms with Gasteiger partial charge >= 0.3 is 0 Å². The molecular formula is C24H40O2Si. The molecule has 0 radical (unpaired) electrons. The molecule has 0 aromatic carbocycles. The van der Waals surface area contributed by atoms with Crippen LogP contribution in [0.25, 0.3) is 0 Å². The Bertz CT molecular complexity index is 599. The predicted octanol–water partition coefficient (Wildman–Crippen LogP) is 6.52. The summed E-state index contributed by atoms with van der Waals surface area (Å²) in [6.45, 7) is 9.31. The van der Waals surface area contributed by atoms with E-state index in [1.54, 1.807) is 5.57 Å². The standard InChI is InChI=1S/C24H40O2Si/c1-5-27(6-2,7-3)26-18-9-11-19-17(16-18)8-10-21-20(19)14-15-24(4)22(21)12-13-23(24)25/h16,18-22H,5-15H2,1-4H3/t18?,19?,20?,21?,22?,24-/m1/s1. The molecule has 3 heteroatoms. The van der Waals surface area contributed by atoms with Gasteiger partial charge in [0.15, 0.2) is 8.32 Å². The van der Waals surface area contributed by atoms with Gasteiger partial charge < -0.3 is 4.43 Å². The number of hydrogen-bond acceptors (Lipinski definition) is 2. The van der Waals surface area contributed by atoms with E-state index < -0.39 is 8.32 Å². The van der Waals surface area contributed by atoms with Crippen LogP contribution in [0.15, 0.2) is 11.6 Å². The van der Waals surface area contributed by atoms with Crippen molar-refractivity contribution in [3.8, 4) is 0 Å². The summed E-state index contributed by atoms with van der Waals surface area (Å²) in [4.78, 5) is 12.5. The molecule has 0 aromatic rings. The van der Waals surface area contributed by atoms with Crippen molar-refractivity contribution in [2.75, 3.05) is 0 Å². The number of carbonyl (C=O) groups excluding carboxylic acids is 1. The van der Waals surface area contributed by atoms with Crippen LogP contribution >= 0.6 is 0 Å². The van der Waals surface area contributed by atoms with Gasteiger partial charge in [0.1, 0.15) is 5.78 Å². The van der Waals surface area contributed by atoms with Crippen LogP contribution in [0.3, 0.4) is 0 Å². The average molecular weight is 389 g/mol. The first-order chi connectivity index (χ1) is 13.0. The van der Waals surface area contributed by atoms with Crippen molar-refractivity contribution in [2.24, 2.45) is 29.1 Å². The maximum absolute atomic E-state index is 12.5. The van der Waals surface area contributed by atoms with Gasteiger partial charge in [-0.15, -0.1) is 0 Å². The lowest BCUT2D eigenvalue weighted by molar-refractivity contribution is -0.131. The van der Waals surface area contributed by atoms with E-state index in [4.69, 9.17) is 4.43 Å². The molecule has 0 heterocycles. The predicted molar refractivity (Wildman–Crippen MR) is 114 cm³/mol. The quantitative estimate of drug-likeness (QED) is 0.396. The van der Waals surface area contributed by atoms with Gasteiger partial charge in [-0.3, -0.25) is 4.79 Å². The summed E-state index contributed by atoms with van der Waals surface area (Å²) in [5.41, 5.74) is 1.75. The van der Waals surface area contributed by atoms with Crippen LogP contribution in [0.4, 0.5) is 0 Å². The van der Waals surface area contributed by atoms with Gasteiger partial charge in [-0.05, 0) is 86.7 Å². The van der Waals surface area contributed by atoms with Gasteiger partial charge in [-0.2, -0.15) is 0 Å². The number of rotatable bonds is 5. The van der Waals surface area contributed by atoms with E-state index in [0.29, 0.717) is 17.8 Å². The summed E-state index contributed by atoms with van der Waals surface area (Å²) >= 11 is 0. The first kappa shape index (κ1) is 19.9. The van der Waals surface area contributed by atoms with Gasteiger partial charge in [0, 0.05) is 11.8 Å². The SMILES string of the molecule is CC[Si](CC)(CC)OC1C=C2CCC3C(CC[C@@]4(C)C(=O)CCC34)C2CC1. The van der Waals surface area contributed by atoms with Crippen molar-refractivity contribution < 1.29 is 9.22 Å². The Morgan fingerprint density at radius 2 is 1.74 bits per heavy atom. The van der Waals surface area contributed by atoms with Crippen LogP contribution in [-0.2, 0) is 9.22 Å². The number of Topliss-reactive ketones (excluding diaryl/α,β-unsaturated/α-hetero) is 1. The molecule has 152 valence electrons. The van der Waals surface area contributed by atoms with Crippen LogP contribution in [-0.4, -0.2) is 20.2 Å². The molecule has 0 amide bonds. The zero-order valence-corrected chi connectivity index (χ0v) is 19.1. The summed E-state index contributed by atoms with van der Waals surface area (Å²) in [6, 6.07) is 3.76. The monoisotopic (exact) mass is 388 g/mol. The molecular weight excluding hydrogens is 348 g/mol. The van der Waals surface area contributed by atoms with Crippen molar-refractivity contribution in [3.05, 3.63) is 11.6 Å². The number of ketones is 1. The smallest absolute Gasteiger partial charge is 0.192 e. The molecule has 4 rings (SSSR count). The normalized spacial score (nSPS) is 41.6. The Morgan fingerprint density at radius 3 is 2.44 bits per heavy atom. The van der Waals surface area contributed by atoms with Crippen LogP contribution in [0, 0.1) is 29.1 Å². The molecule has 3 saturated carbocycles. The van der Waals surface area contributed by atoms with Crippen molar-refractivity contribution >= 4 is 14.1 Å². The van der Waals surface area contributed by atoms with Crippen LogP contribution in [0.5, 0.6) is 0 Å². The molecule has 27 heavy (non-hydrogen) atoms. The fourth-order valence-electron chi connectivity index (χ4n) is 7.48. The highest BCUT2D eigenvalue weighted by molar-refractivity contribution is 6.73. The minimum absolute atomic E-state index is 0.0251. The third kappa shape index (κ3) is 3.21. The Balaban J connectivity index is 1.49. The molecule has 0 spiro atoms. The topological polar surface area (TPSA) is 26.3 Å². The molecule has 4 aliphatic rings. The summed E-state index contributed by atoms with van der Waals surface area (Å²) < 4.78 is 6.83. The first-order valence-corrected chi connectivity index (χ1v) is 14.4. The van der Waals surface area contributed by atoms with Crippen molar-refractivity contribution in [3.63, 3.8) is 0 Å². The molecule has 4 aliphatic carbocycles. The summed E-state index contributed by atoms with van der Waals surface area (Å²) in [5.74, 6) is 3.71. The average Bonchev–Trinajstić information content (AvgIpc) is 3.00. The zero-order valence-electron chi connectivity index (χ0n) is 18.1. The van der Waals surface area contributed by atoms with E-state index in [1.807, 2.05) is 0 Å². The van der Waals surface area contributed by atoms with E-state index in [2.05, 4.69) is 33.8 Å². The van der Waals surface area contributed by atoms with Gasteiger partial charge in [0.2, 0.25) is 0 Å². The van der Waals surface area contributed by atoms with Gasteiger partial charge in [0.05, 0.1) is 6.10 Å². The van der Waals surface area contributed by atoms with E-state index >= 15 is 0 Å². The zero-order chi connectivity index (χ0) is 19.2. The molecule has 5 unspecified atom stereocenters. The van der Waals surface area contributed by atoms with Gasteiger partial charge in [-0.25, -0.2) is 0 Å². The molecule has 0 bridgehead atoms. The lowest BCUT2D eigenvalue weighted by Crippen LogP contribution is -2.47. The lowest BCUT2D eigenvalue weighted by atomic mass is 9.52. The molecule has 2 nitrogen and oxygen atoms in total. The maximum atomic E-state index is 12.5. The molecule has 0 aliphatic heterocycles. The van der Waals surface area contributed by atoms with E-state index in [9.17, 15) is 4.79 Å². The number of carbonyl (C=O) groups is 1. The fraction of sp³-hybridized carbons (Fsp3) is 0.875. The molecule has 0 saturated heterocycles. The minimum atomic E-state index is -1.51. The second kappa shape index (κ2) is 7.44. The molecule has 0 aromatic heterocycles. The highest BCUT2D eigenvalue weighted by atomic mass is 28.4. The van der Waals surface area contributed by atoms with Crippen molar-refractivity contribution in [1.82, 2.24) is 0 Å². The number of allylic oxidation sites excluding steroid dienone is 1. The summed E-state index contributed by atoms with van der Waals surface area (Å²) in [6.07, 6.45) is 12.6. The first-order valence-electron chi connectivity index (χ1n) is 11.9. The van der Waals surface area contributed by atoms with Crippen LogP contribution in [0.2, 0.25) is 18.1 Å². The summed E-state index contributed by atoms with van der Waals surface area (Å²) in [5, 5.41) is 0. The third-order valence-corrected chi connectivity index (χ3v) is 14.1. The van der Waals surface area contributed by atoms with E-state index in [0.717, 1.165) is 30.6 Å². The summed E-state index contributed by atoms with van der Waals surface area (Å²) in [7, 11) is -1.51. The molecule has 3 fully saturated rings. The van der Waals surface area contributed by atoms with Crippen LogP contribution < -0.4 is 0 Å². The highest BCUT2D eigenvalue weighted by Crippen LogP contribution is 2.60. The Kier molecular flexibility index (Phi) is 5.48. The Morgan fingerprint density at radius 1 is 1.00 bits per heavy atom. The Hall–Kier alpha value is -0.413. The highest BCUT2D eigenvalue weighted by Gasteiger charge is 2.56. The molecule has 0 N–H and O–H groups in total. The van der Waals surface area contributed by atoms with E-state index in [-0.39, 0.29) is 5.41 Å². The molecule has 6 atom stereocenters. The van der Waals surface area contributed by atoms with Gasteiger partial charge in [-0.1, -0.05) is 39.3 Å².